The first kappa shape index (κ1) is 20.5. The number of nitrogens with zero attached hydrogens (tertiary/aromatic N) is 2. The fourth-order valence-electron chi connectivity index (χ4n) is 3.64. The highest BCUT2D eigenvalue weighted by Gasteiger charge is 2.35. The predicted molar refractivity (Wildman–Crippen MR) is 111 cm³/mol. The molecular formula is C22H25N3O4. The number of carbonyl (C=O) groups excluding carboxylic acids is 2. The molecule has 0 bridgehead atoms. The smallest absolute Gasteiger partial charge is 0.272 e. The Bertz CT molecular complexity index is 955. The van der Waals surface area contributed by atoms with Crippen molar-refractivity contribution in [3.63, 3.8) is 0 Å². The largest absolute Gasteiger partial charge is 0.327 e. The molecule has 29 heavy (non-hydrogen) atoms. The number of rotatable bonds is 5. The molecule has 3 rings (SSSR count). The van der Waals surface area contributed by atoms with Gasteiger partial charge in [0.2, 0.25) is 5.91 Å². The second kappa shape index (κ2) is 8.43. The molecule has 1 aliphatic heterocycles. The van der Waals surface area contributed by atoms with Gasteiger partial charge in [-0.1, -0.05) is 26.0 Å². The minimum absolute atomic E-state index is 0.0256. The maximum Gasteiger partial charge on any atom is 0.272 e. The highest BCUT2D eigenvalue weighted by atomic mass is 16.6. The molecule has 7 nitrogen and oxygen atoms in total. The average molecular weight is 395 g/mol. The summed E-state index contributed by atoms with van der Waals surface area (Å²) in [5.74, 6) is -0.145. The van der Waals surface area contributed by atoms with E-state index in [-0.39, 0.29) is 17.5 Å². The number of likely N-dealkylation sites (tertiary alicyclic amines) is 1. The van der Waals surface area contributed by atoms with Gasteiger partial charge in [-0.25, -0.2) is 0 Å². The summed E-state index contributed by atoms with van der Waals surface area (Å²) >= 11 is 0. The van der Waals surface area contributed by atoms with Crippen molar-refractivity contribution < 1.29 is 14.5 Å². The molecule has 1 N–H and O–H groups in total. The number of nitrogens with one attached hydrogen (secondary N) is 1. The van der Waals surface area contributed by atoms with E-state index in [4.69, 9.17) is 0 Å². The first-order valence-corrected chi connectivity index (χ1v) is 9.74. The topological polar surface area (TPSA) is 92.6 Å². The summed E-state index contributed by atoms with van der Waals surface area (Å²) in [4.78, 5) is 37.9. The summed E-state index contributed by atoms with van der Waals surface area (Å²) in [6, 6.07) is 11.5. The van der Waals surface area contributed by atoms with Gasteiger partial charge < -0.3 is 10.2 Å². The van der Waals surface area contributed by atoms with Gasteiger partial charge in [0.05, 0.1) is 4.92 Å². The molecule has 152 valence electrons. The van der Waals surface area contributed by atoms with Crippen LogP contribution in [0.1, 0.15) is 54.1 Å². The highest BCUT2D eigenvalue weighted by molar-refractivity contribution is 6.01. The minimum atomic E-state index is -0.555. The molecule has 0 aromatic heterocycles. The third-order valence-electron chi connectivity index (χ3n) is 5.28. The van der Waals surface area contributed by atoms with E-state index in [1.165, 1.54) is 18.2 Å². The molecule has 1 fully saturated rings. The molecule has 0 spiro atoms. The van der Waals surface area contributed by atoms with Gasteiger partial charge in [0.25, 0.3) is 11.6 Å². The van der Waals surface area contributed by atoms with E-state index in [2.05, 4.69) is 19.2 Å². The highest BCUT2D eigenvalue weighted by Crippen LogP contribution is 2.25. The van der Waals surface area contributed by atoms with E-state index in [9.17, 15) is 19.7 Å². The van der Waals surface area contributed by atoms with Gasteiger partial charge in [-0.15, -0.1) is 0 Å². The lowest BCUT2D eigenvalue weighted by atomic mass is 10.0. The van der Waals surface area contributed by atoms with Crippen molar-refractivity contribution in [2.24, 2.45) is 0 Å². The van der Waals surface area contributed by atoms with Crippen LogP contribution < -0.4 is 5.32 Å². The Morgan fingerprint density at radius 2 is 1.97 bits per heavy atom. The van der Waals surface area contributed by atoms with Crippen molar-refractivity contribution in [3.05, 3.63) is 69.3 Å². The maximum atomic E-state index is 13.0. The molecule has 1 saturated heterocycles. The van der Waals surface area contributed by atoms with Gasteiger partial charge in [0, 0.05) is 29.4 Å². The predicted octanol–water partition coefficient (Wildman–Crippen LogP) is 4.27. The van der Waals surface area contributed by atoms with Gasteiger partial charge in [-0.05, 0) is 55.5 Å². The van der Waals surface area contributed by atoms with Crippen LogP contribution in [0.2, 0.25) is 0 Å². The first-order valence-electron chi connectivity index (χ1n) is 9.74. The fourth-order valence-corrected chi connectivity index (χ4v) is 3.64. The van der Waals surface area contributed by atoms with Crippen LogP contribution in [0, 0.1) is 17.0 Å². The van der Waals surface area contributed by atoms with Crippen molar-refractivity contribution >= 4 is 23.2 Å². The molecule has 1 aliphatic rings. The van der Waals surface area contributed by atoms with Gasteiger partial charge in [-0.2, -0.15) is 0 Å². The Hall–Kier alpha value is -3.22. The number of nitro benzene ring substituents is 1. The molecule has 1 heterocycles. The second-order valence-electron chi connectivity index (χ2n) is 7.68. The Labute approximate surface area is 169 Å². The van der Waals surface area contributed by atoms with Gasteiger partial charge in [0.1, 0.15) is 6.04 Å². The third kappa shape index (κ3) is 4.45. The number of aryl methyl sites for hydroxylation is 1. The van der Waals surface area contributed by atoms with Crippen molar-refractivity contribution in [2.75, 3.05) is 11.9 Å². The fraction of sp³-hybridized carbons (Fsp3) is 0.364. The number of benzene rings is 2. The van der Waals surface area contributed by atoms with Gasteiger partial charge >= 0.3 is 0 Å². The average Bonchev–Trinajstić information content (AvgIpc) is 3.17. The molecule has 2 aromatic carbocycles. The molecule has 2 aromatic rings. The van der Waals surface area contributed by atoms with Crippen LogP contribution in [0.5, 0.6) is 0 Å². The molecule has 0 radical (unpaired) electrons. The normalized spacial score (nSPS) is 16.1. The van der Waals surface area contributed by atoms with Crippen LogP contribution >= 0.6 is 0 Å². The van der Waals surface area contributed by atoms with Gasteiger partial charge in [-0.3, -0.25) is 19.7 Å². The number of hydrogen-bond acceptors (Lipinski definition) is 4. The summed E-state index contributed by atoms with van der Waals surface area (Å²) in [6.45, 7) is 6.26. The number of anilines is 1. The summed E-state index contributed by atoms with van der Waals surface area (Å²) in [7, 11) is 0. The van der Waals surface area contributed by atoms with Gasteiger partial charge in [0.15, 0.2) is 0 Å². The van der Waals surface area contributed by atoms with E-state index in [1.807, 2.05) is 24.3 Å². The maximum absolute atomic E-state index is 13.0. The Balaban J connectivity index is 1.76. The van der Waals surface area contributed by atoms with Crippen molar-refractivity contribution in [1.82, 2.24) is 4.90 Å². The quantitative estimate of drug-likeness (QED) is 0.604. The zero-order chi connectivity index (χ0) is 21.1. The Kier molecular flexibility index (Phi) is 5.96. The van der Waals surface area contributed by atoms with Crippen LogP contribution in [0.25, 0.3) is 0 Å². The zero-order valence-electron chi connectivity index (χ0n) is 16.8. The molecule has 0 saturated carbocycles. The lowest BCUT2D eigenvalue weighted by Crippen LogP contribution is -2.43. The Morgan fingerprint density at radius 3 is 2.62 bits per heavy atom. The summed E-state index contributed by atoms with van der Waals surface area (Å²) in [5, 5.41) is 13.9. The van der Waals surface area contributed by atoms with Crippen LogP contribution in [-0.4, -0.2) is 34.2 Å². The zero-order valence-corrected chi connectivity index (χ0v) is 16.8. The van der Waals surface area contributed by atoms with Crippen LogP contribution in [0.3, 0.4) is 0 Å². The van der Waals surface area contributed by atoms with E-state index in [1.54, 1.807) is 11.8 Å². The van der Waals surface area contributed by atoms with E-state index in [0.717, 1.165) is 12.0 Å². The van der Waals surface area contributed by atoms with E-state index in [0.29, 0.717) is 35.7 Å². The third-order valence-corrected chi connectivity index (χ3v) is 5.28. The Morgan fingerprint density at radius 1 is 1.21 bits per heavy atom. The number of nitro groups is 1. The van der Waals surface area contributed by atoms with Crippen molar-refractivity contribution in [3.8, 4) is 0 Å². The molecule has 7 heteroatoms. The lowest BCUT2D eigenvalue weighted by molar-refractivity contribution is -0.385. The number of hydrogen-bond donors (Lipinski definition) is 1. The standard InChI is InChI=1S/C22H25N3O4/c1-14(2)16-6-4-7-18(13-16)23-21(26)20-8-5-11-24(20)22(27)17-9-10-19(25(28)29)15(3)12-17/h4,6-7,9-10,12-14,20H,5,8,11H2,1-3H3,(H,23,26). The van der Waals surface area contributed by atoms with E-state index >= 15 is 0 Å². The molecule has 2 amide bonds. The molecule has 1 unspecified atom stereocenters. The second-order valence-corrected chi connectivity index (χ2v) is 7.68. The number of amides is 2. The summed E-state index contributed by atoms with van der Waals surface area (Å²) in [5.41, 5.74) is 2.60. The summed E-state index contributed by atoms with van der Waals surface area (Å²) < 4.78 is 0. The van der Waals surface area contributed by atoms with Crippen molar-refractivity contribution in [1.29, 1.82) is 0 Å². The monoisotopic (exact) mass is 395 g/mol. The van der Waals surface area contributed by atoms with E-state index < -0.39 is 11.0 Å². The minimum Gasteiger partial charge on any atom is -0.327 e. The molecular weight excluding hydrogens is 370 g/mol. The number of carbonyl (C=O) groups is 2. The SMILES string of the molecule is Cc1cc(C(=O)N2CCCC2C(=O)Nc2cccc(C(C)C)c2)ccc1[N+](=O)[O-]. The first-order chi connectivity index (χ1) is 13.8. The molecule has 1 atom stereocenters. The molecule has 0 aliphatic carbocycles. The van der Waals surface area contributed by atoms with Crippen molar-refractivity contribution in [2.45, 2.75) is 45.6 Å². The van der Waals surface area contributed by atoms with Crippen LogP contribution in [-0.2, 0) is 4.79 Å². The van der Waals surface area contributed by atoms with Crippen LogP contribution in [0.4, 0.5) is 11.4 Å². The lowest BCUT2D eigenvalue weighted by Gasteiger charge is -2.24. The summed E-state index contributed by atoms with van der Waals surface area (Å²) in [6.07, 6.45) is 1.33. The van der Waals surface area contributed by atoms with Crippen LogP contribution in [0.15, 0.2) is 42.5 Å².